The molecule has 0 spiro atoms. The second kappa shape index (κ2) is 7.01. The van der Waals surface area contributed by atoms with E-state index in [1.807, 2.05) is 30.3 Å². The van der Waals surface area contributed by atoms with Crippen LogP contribution in [0.2, 0.25) is 0 Å². The molecule has 4 rings (SSSR count). The van der Waals surface area contributed by atoms with Crippen LogP contribution in [0, 0.1) is 0 Å². The Morgan fingerprint density at radius 3 is 2.46 bits per heavy atom. The molecule has 1 saturated heterocycles. The molecule has 0 atom stereocenters. The van der Waals surface area contributed by atoms with E-state index in [2.05, 4.69) is 9.97 Å². The predicted molar refractivity (Wildman–Crippen MR) is 98.4 cm³/mol. The minimum absolute atomic E-state index is 0.0259. The molecule has 26 heavy (non-hydrogen) atoms. The number of hydrogen-bond acceptors (Lipinski definition) is 5. The molecule has 1 aliphatic rings. The first-order valence-corrected chi connectivity index (χ1v) is 10.0. The number of rotatable bonds is 4. The molecule has 2 aromatic heterocycles. The van der Waals surface area contributed by atoms with Gasteiger partial charge in [-0.15, -0.1) is 0 Å². The van der Waals surface area contributed by atoms with Crippen molar-refractivity contribution in [1.29, 1.82) is 0 Å². The number of nitrogens with zero attached hydrogens (tertiary/aromatic N) is 3. The van der Waals surface area contributed by atoms with E-state index >= 15 is 0 Å². The summed E-state index contributed by atoms with van der Waals surface area (Å²) in [5.41, 5.74) is 0.516. The van der Waals surface area contributed by atoms with Gasteiger partial charge in [-0.3, -0.25) is 4.98 Å². The van der Waals surface area contributed by atoms with Crippen molar-refractivity contribution in [2.75, 3.05) is 13.1 Å². The van der Waals surface area contributed by atoms with Crippen LogP contribution in [0.4, 0.5) is 0 Å². The molecular formula is C19H19N3O3S. The zero-order valence-electron chi connectivity index (χ0n) is 14.2. The Hall–Kier alpha value is -2.51. The molecule has 0 saturated carbocycles. The number of aromatic nitrogens is 2. The fraction of sp³-hybridized carbons (Fsp3) is 0.263. The first-order chi connectivity index (χ1) is 12.6. The van der Waals surface area contributed by atoms with Gasteiger partial charge in [0.2, 0.25) is 15.9 Å². The SMILES string of the molecule is O=S(=O)(c1cccc2cccnc12)N1CCC(Oc2ccccn2)CC1. The highest BCUT2D eigenvalue weighted by Crippen LogP contribution is 2.27. The van der Waals surface area contributed by atoms with E-state index in [4.69, 9.17) is 4.74 Å². The summed E-state index contributed by atoms with van der Waals surface area (Å²) in [7, 11) is -3.59. The summed E-state index contributed by atoms with van der Waals surface area (Å²) >= 11 is 0. The van der Waals surface area contributed by atoms with Gasteiger partial charge in [0.05, 0.1) is 5.52 Å². The largest absolute Gasteiger partial charge is 0.474 e. The zero-order valence-corrected chi connectivity index (χ0v) is 15.0. The fourth-order valence-corrected chi connectivity index (χ4v) is 4.84. The van der Waals surface area contributed by atoms with Gasteiger partial charge in [0.15, 0.2) is 0 Å². The number of ether oxygens (including phenoxy) is 1. The fourth-order valence-electron chi connectivity index (χ4n) is 3.20. The smallest absolute Gasteiger partial charge is 0.245 e. The van der Waals surface area contributed by atoms with Crippen LogP contribution >= 0.6 is 0 Å². The van der Waals surface area contributed by atoms with Gasteiger partial charge in [0.1, 0.15) is 11.0 Å². The summed E-state index contributed by atoms with van der Waals surface area (Å²) in [5.74, 6) is 0.576. The van der Waals surface area contributed by atoms with E-state index in [0.29, 0.717) is 37.3 Å². The molecule has 1 aliphatic heterocycles. The number of benzene rings is 1. The number of fused-ring (bicyclic) bond motifs is 1. The van der Waals surface area contributed by atoms with E-state index in [1.165, 1.54) is 4.31 Å². The maximum absolute atomic E-state index is 13.1. The maximum atomic E-state index is 13.1. The molecule has 0 aliphatic carbocycles. The quantitative estimate of drug-likeness (QED) is 0.707. The van der Waals surface area contributed by atoms with Gasteiger partial charge in [0, 0.05) is 36.9 Å². The van der Waals surface area contributed by atoms with Gasteiger partial charge in [-0.25, -0.2) is 13.4 Å². The molecule has 3 aromatic rings. The number of pyridine rings is 2. The van der Waals surface area contributed by atoms with Crippen LogP contribution in [-0.4, -0.2) is 41.9 Å². The molecule has 0 radical (unpaired) electrons. The van der Waals surface area contributed by atoms with Crippen molar-refractivity contribution >= 4 is 20.9 Å². The molecule has 134 valence electrons. The van der Waals surface area contributed by atoms with Crippen LogP contribution in [0.15, 0.2) is 65.8 Å². The summed E-state index contributed by atoms with van der Waals surface area (Å²) in [6, 6.07) is 14.4. The lowest BCUT2D eigenvalue weighted by atomic mass is 10.1. The topological polar surface area (TPSA) is 72.4 Å². The third-order valence-corrected chi connectivity index (χ3v) is 6.47. The van der Waals surface area contributed by atoms with Crippen LogP contribution in [0.25, 0.3) is 10.9 Å². The molecule has 1 fully saturated rings. The third-order valence-electron chi connectivity index (χ3n) is 4.54. The highest BCUT2D eigenvalue weighted by molar-refractivity contribution is 7.89. The monoisotopic (exact) mass is 369 g/mol. The summed E-state index contributed by atoms with van der Waals surface area (Å²) in [6.07, 6.45) is 4.54. The average Bonchev–Trinajstić information content (AvgIpc) is 2.69. The van der Waals surface area contributed by atoms with E-state index in [9.17, 15) is 8.42 Å². The van der Waals surface area contributed by atoms with Gasteiger partial charge >= 0.3 is 0 Å². The van der Waals surface area contributed by atoms with Gasteiger partial charge < -0.3 is 4.74 Å². The van der Waals surface area contributed by atoms with Crippen molar-refractivity contribution in [1.82, 2.24) is 14.3 Å². The molecule has 0 bridgehead atoms. The van der Waals surface area contributed by atoms with E-state index < -0.39 is 10.0 Å². The van der Waals surface area contributed by atoms with Crippen LogP contribution in [0.5, 0.6) is 5.88 Å². The van der Waals surface area contributed by atoms with Crippen LogP contribution in [0.3, 0.4) is 0 Å². The standard InChI is InChI=1S/C19H19N3O3S/c23-26(24,17-7-3-5-15-6-4-12-21-19(15)17)22-13-9-16(10-14-22)25-18-8-1-2-11-20-18/h1-8,11-12,16H,9-10,13-14H2. The normalized spacial score (nSPS) is 16.6. The molecule has 7 heteroatoms. The van der Waals surface area contributed by atoms with E-state index in [0.717, 1.165) is 5.39 Å². The average molecular weight is 369 g/mol. The van der Waals surface area contributed by atoms with E-state index in [1.54, 1.807) is 30.6 Å². The third kappa shape index (κ3) is 3.27. The van der Waals surface area contributed by atoms with Crippen LogP contribution in [0.1, 0.15) is 12.8 Å². The molecule has 0 N–H and O–H groups in total. The summed E-state index contributed by atoms with van der Waals surface area (Å²) in [6.45, 7) is 0.839. The zero-order chi connectivity index (χ0) is 18.0. The summed E-state index contributed by atoms with van der Waals surface area (Å²) in [5, 5.41) is 0.821. The Balaban J connectivity index is 1.51. The Kier molecular flexibility index (Phi) is 4.57. The minimum atomic E-state index is -3.59. The van der Waals surface area contributed by atoms with Gasteiger partial charge in [-0.05, 0) is 31.0 Å². The van der Waals surface area contributed by atoms with Crippen molar-refractivity contribution in [2.45, 2.75) is 23.8 Å². The second-order valence-corrected chi connectivity index (χ2v) is 8.13. The van der Waals surface area contributed by atoms with Crippen molar-refractivity contribution in [3.8, 4) is 5.88 Å². The highest BCUT2D eigenvalue weighted by Gasteiger charge is 2.31. The van der Waals surface area contributed by atoms with Gasteiger partial charge in [-0.2, -0.15) is 4.31 Å². The first kappa shape index (κ1) is 16.9. The Bertz CT molecular complexity index is 995. The van der Waals surface area contributed by atoms with Crippen molar-refractivity contribution in [2.24, 2.45) is 0 Å². The lowest BCUT2D eigenvalue weighted by molar-refractivity contribution is 0.130. The van der Waals surface area contributed by atoms with Crippen molar-refractivity contribution in [3.63, 3.8) is 0 Å². The Morgan fingerprint density at radius 1 is 0.923 bits per heavy atom. The molecule has 6 nitrogen and oxygen atoms in total. The minimum Gasteiger partial charge on any atom is -0.474 e. The molecule has 0 unspecified atom stereocenters. The Labute approximate surface area is 152 Å². The van der Waals surface area contributed by atoms with Gasteiger partial charge in [0.25, 0.3) is 0 Å². The number of para-hydroxylation sites is 1. The molecule has 0 amide bonds. The highest BCUT2D eigenvalue weighted by atomic mass is 32.2. The Morgan fingerprint density at radius 2 is 1.69 bits per heavy atom. The molecule has 3 heterocycles. The van der Waals surface area contributed by atoms with Crippen LogP contribution in [-0.2, 0) is 10.0 Å². The predicted octanol–water partition coefficient (Wildman–Crippen LogP) is 2.86. The number of sulfonamides is 1. The summed E-state index contributed by atoms with van der Waals surface area (Å²) < 4.78 is 33.6. The lowest BCUT2D eigenvalue weighted by Crippen LogP contribution is -2.41. The maximum Gasteiger partial charge on any atom is 0.245 e. The second-order valence-electron chi connectivity index (χ2n) is 6.22. The molecule has 1 aromatic carbocycles. The first-order valence-electron chi connectivity index (χ1n) is 8.56. The summed E-state index contributed by atoms with van der Waals surface area (Å²) in [4.78, 5) is 8.70. The van der Waals surface area contributed by atoms with Crippen molar-refractivity contribution < 1.29 is 13.2 Å². The lowest BCUT2D eigenvalue weighted by Gasteiger charge is -2.31. The number of piperidine rings is 1. The van der Waals surface area contributed by atoms with Gasteiger partial charge in [-0.1, -0.05) is 24.3 Å². The number of hydrogen-bond donors (Lipinski definition) is 0. The van der Waals surface area contributed by atoms with Crippen molar-refractivity contribution in [3.05, 3.63) is 60.9 Å². The van der Waals surface area contributed by atoms with E-state index in [-0.39, 0.29) is 11.0 Å². The molecular weight excluding hydrogens is 350 g/mol. The van der Waals surface area contributed by atoms with Crippen LogP contribution < -0.4 is 4.74 Å².